The van der Waals surface area contributed by atoms with Gasteiger partial charge >= 0.3 is 12.0 Å². The summed E-state index contributed by atoms with van der Waals surface area (Å²) >= 11 is 0. The fourth-order valence-electron chi connectivity index (χ4n) is 10.2. The summed E-state index contributed by atoms with van der Waals surface area (Å²) in [5.41, 5.74) is -4.84. The van der Waals surface area contributed by atoms with Gasteiger partial charge in [0.25, 0.3) is 10.0 Å². The Morgan fingerprint density at radius 1 is 0.971 bits per heavy atom. The van der Waals surface area contributed by atoms with E-state index in [1.807, 2.05) is 42.5 Å². The summed E-state index contributed by atoms with van der Waals surface area (Å²) in [6.07, 6.45) is -9.58. The van der Waals surface area contributed by atoms with Crippen molar-refractivity contribution >= 4 is 22.0 Å². The van der Waals surface area contributed by atoms with Crippen LogP contribution in [0.1, 0.15) is 101 Å². The molecule has 1 aromatic rings. The minimum Gasteiger partial charge on any atom is -0.459 e. The van der Waals surface area contributed by atoms with E-state index in [2.05, 4.69) is 5.32 Å². The number of aliphatic hydroxyl groups is 5. The Balaban J connectivity index is 1.72. The Hall–Kier alpha value is -2.64. The zero-order chi connectivity index (χ0) is 51.3. The predicted octanol–water partition coefficient (Wildman–Crippen LogP) is 2.49. The van der Waals surface area contributed by atoms with Crippen LogP contribution in [0.5, 0.6) is 0 Å². The van der Waals surface area contributed by atoms with Crippen LogP contribution in [-0.2, 0) is 43.2 Å². The first-order chi connectivity index (χ1) is 31.5. The zero-order valence-corrected chi connectivity index (χ0v) is 42.9. The standard InChI is InChI=1S/C47H81FN4O15S/c1-14-35-47(10,59)39(54)30(6)52(21-15-20-49-44(57)50-68(60,61)33-18-16-32(48)17-19-33)25-26(2)23-45(8,58)41(67-43-37(53)34(51(11)12)22-27(3)63-43)28(4)38(29(5)42(56)65-35)66-36-24-46(9,62-13)40(55)31(7)64-36/h16-19,26-31,34-41,43,53-55,58-59H,14-15,20-25H2,1-13H3,(H2,49,50,57)/t26-,27+,28-,29+,30-,31-,34+,35-,36?,37+,38+,39-,40-,41-,43-,45-,46+,47-/m1/s1. The highest BCUT2D eigenvalue weighted by molar-refractivity contribution is 7.90. The van der Waals surface area contributed by atoms with Crippen molar-refractivity contribution in [3.8, 4) is 0 Å². The molecule has 2 amide bonds. The largest absolute Gasteiger partial charge is 0.459 e. The Morgan fingerprint density at radius 3 is 2.19 bits per heavy atom. The highest BCUT2D eigenvalue weighted by atomic mass is 32.2. The van der Waals surface area contributed by atoms with E-state index in [0.29, 0.717) is 6.42 Å². The van der Waals surface area contributed by atoms with Crippen LogP contribution in [0.3, 0.4) is 0 Å². The molecule has 21 heteroatoms. The Bertz CT molecular complexity index is 1900. The van der Waals surface area contributed by atoms with E-state index in [1.165, 1.54) is 14.0 Å². The number of esters is 1. The number of methoxy groups -OCH3 is 1. The second-order valence-electron chi connectivity index (χ2n) is 20.4. The third kappa shape index (κ3) is 14.1. The lowest BCUT2D eigenvalue weighted by atomic mass is 9.77. The van der Waals surface area contributed by atoms with Crippen LogP contribution in [0.2, 0.25) is 0 Å². The molecule has 3 fully saturated rings. The number of ether oxygens (including phenoxy) is 6. The summed E-state index contributed by atoms with van der Waals surface area (Å²) in [7, 11) is 0.860. The van der Waals surface area contributed by atoms with Crippen molar-refractivity contribution in [1.82, 2.24) is 19.8 Å². The van der Waals surface area contributed by atoms with Crippen molar-refractivity contribution < 1.29 is 76.4 Å². The number of benzene rings is 1. The lowest BCUT2D eigenvalue weighted by Crippen LogP contribution is -2.60. The molecule has 3 aliphatic heterocycles. The molecule has 18 atom stereocenters. The maximum Gasteiger partial charge on any atom is 0.328 e. The van der Waals surface area contributed by atoms with Gasteiger partial charge in [-0.05, 0) is 118 Å². The number of aliphatic hydroxyl groups excluding tert-OH is 3. The molecule has 1 aromatic carbocycles. The molecule has 3 aliphatic rings. The van der Waals surface area contributed by atoms with Crippen molar-refractivity contribution in [2.45, 2.75) is 197 Å². The van der Waals surface area contributed by atoms with Crippen molar-refractivity contribution in [2.75, 3.05) is 40.8 Å². The normalized spacial score (nSPS) is 40.8. The average Bonchev–Trinajstić information content (AvgIpc) is 3.25. The van der Waals surface area contributed by atoms with E-state index in [9.17, 15) is 47.9 Å². The summed E-state index contributed by atoms with van der Waals surface area (Å²) in [6, 6.07) is 1.81. The van der Waals surface area contributed by atoms with Crippen molar-refractivity contribution in [3.05, 3.63) is 30.1 Å². The van der Waals surface area contributed by atoms with Crippen LogP contribution in [0.25, 0.3) is 0 Å². The van der Waals surface area contributed by atoms with Gasteiger partial charge in [-0.15, -0.1) is 0 Å². The topological polar surface area (TPSA) is 255 Å². The van der Waals surface area contributed by atoms with E-state index >= 15 is 0 Å². The number of hydrogen-bond acceptors (Lipinski definition) is 17. The predicted molar refractivity (Wildman–Crippen MR) is 248 cm³/mol. The van der Waals surface area contributed by atoms with E-state index < -0.39 is 118 Å². The number of likely N-dealkylation sites (N-methyl/N-ethyl adjacent to an activating group) is 1. The van der Waals surface area contributed by atoms with Crippen LogP contribution in [-0.4, -0.2) is 187 Å². The van der Waals surface area contributed by atoms with Gasteiger partial charge in [0.15, 0.2) is 12.6 Å². The van der Waals surface area contributed by atoms with Gasteiger partial charge in [0, 0.05) is 51.2 Å². The maximum atomic E-state index is 14.5. The van der Waals surface area contributed by atoms with Gasteiger partial charge in [-0.1, -0.05) is 20.8 Å². The van der Waals surface area contributed by atoms with Crippen LogP contribution >= 0.6 is 0 Å². The van der Waals surface area contributed by atoms with Gasteiger partial charge in [0.2, 0.25) is 0 Å². The fourth-order valence-corrected chi connectivity index (χ4v) is 11.1. The molecular weight excluding hydrogens is 912 g/mol. The monoisotopic (exact) mass is 993 g/mol. The molecule has 0 aliphatic carbocycles. The van der Waals surface area contributed by atoms with Crippen LogP contribution < -0.4 is 10.0 Å². The number of rotatable bonds is 13. The van der Waals surface area contributed by atoms with Gasteiger partial charge in [-0.2, -0.15) is 0 Å². The fraction of sp³-hybridized carbons (Fsp3) is 0.830. The molecule has 7 N–H and O–H groups in total. The summed E-state index contributed by atoms with van der Waals surface area (Å²) < 4.78 is 78.6. The second kappa shape index (κ2) is 23.7. The molecule has 0 saturated carbocycles. The molecule has 0 bridgehead atoms. The van der Waals surface area contributed by atoms with Crippen molar-refractivity contribution in [2.24, 2.45) is 17.8 Å². The lowest BCUT2D eigenvalue weighted by molar-refractivity contribution is -0.318. The number of carbonyl (C=O) groups excluding carboxylic acids is 2. The average molecular weight is 993 g/mol. The lowest BCUT2D eigenvalue weighted by Gasteiger charge is -2.48. The highest BCUT2D eigenvalue weighted by Crippen LogP contribution is 2.40. The van der Waals surface area contributed by atoms with Crippen LogP contribution in [0.4, 0.5) is 9.18 Å². The third-order valence-electron chi connectivity index (χ3n) is 14.3. The van der Waals surface area contributed by atoms with E-state index in [-0.39, 0.29) is 68.3 Å². The smallest absolute Gasteiger partial charge is 0.328 e. The molecule has 0 radical (unpaired) electrons. The third-order valence-corrected chi connectivity index (χ3v) is 15.6. The number of amides is 2. The SMILES string of the molecule is CC[C@H]1OC(=O)[C@@H](C)[C@@H](OC2C[C@](C)(OC)[C@H](O)[C@@H](C)O2)[C@@H](C)[C@@H](O[C@H]2O[C@@H](C)C[C@H](N(C)C)[C@@H]2O)[C@](C)(O)C[C@@H](C)CN(CCCNC(=O)NS(=O)(=O)c2ccc(F)cc2)[C@H](C)[C@@H](O)[C@]1(C)O. The van der Waals surface area contributed by atoms with Gasteiger partial charge in [0.05, 0.1) is 46.4 Å². The number of halogens is 1. The molecule has 3 saturated heterocycles. The number of carbonyl (C=O) groups is 2. The van der Waals surface area contributed by atoms with E-state index in [1.54, 1.807) is 48.5 Å². The summed E-state index contributed by atoms with van der Waals surface area (Å²) in [4.78, 5) is 30.7. The number of nitrogens with one attached hydrogen (secondary N) is 2. The first-order valence-electron chi connectivity index (χ1n) is 23.8. The second-order valence-corrected chi connectivity index (χ2v) is 22.1. The molecule has 0 aromatic heterocycles. The zero-order valence-electron chi connectivity index (χ0n) is 42.1. The van der Waals surface area contributed by atoms with E-state index in [4.69, 9.17) is 28.4 Å². The minimum absolute atomic E-state index is 0.0173. The first-order valence-corrected chi connectivity index (χ1v) is 25.3. The molecule has 0 spiro atoms. The maximum absolute atomic E-state index is 14.5. The van der Waals surface area contributed by atoms with Crippen molar-refractivity contribution in [1.29, 1.82) is 0 Å². The highest BCUT2D eigenvalue weighted by Gasteiger charge is 2.53. The van der Waals surface area contributed by atoms with Gasteiger partial charge < -0.3 is 64.2 Å². The quantitative estimate of drug-likeness (QED) is 0.111. The molecular formula is C47H81FN4O15S. The molecule has 1 unspecified atom stereocenters. The molecule has 19 nitrogen and oxygen atoms in total. The van der Waals surface area contributed by atoms with Crippen molar-refractivity contribution in [3.63, 3.8) is 0 Å². The number of sulfonamides is 1. The number of urea groups is 1. The summed E-state index contributed by atoms with van der Waals surface area (Å²) in [5, 5.41) is 62.2. The molecule has 392 valence electrons. The number of hydrogen-bond donors (Lipinski definition) is 7. The van der Waals surface area contributed by atoms with E-state index in [0.717, 1.165) is 24.3 Å². The Morgan fingerprint density at radius 2 is 1.60 bits per heavy atom. The van der Waals surface area contributed by atoms with Crippen LogP contribution in [0.15, 0.2) is 29.2 Å². The van der Waals surface area contributed by atoms with Gasteiger partial charge in [-0.25, -0.2) is 22.3 Å². The molecule has 3 heterocycles. The Labute approximate surface area is 402 Å². The summed E-state index contributed by atoms with van der Waals surface area (Å²) in [5.74, 6) is -3.80. The molecule has 68 heavy (non-hydrogen) atoms. The Kier molecular flexibility index (Phi) is 20.2. The van der Waals surface area contributed by atoms with Crippen LogP contribution in [0, 0.1) is 23.6 Å². The summed E-state index contributed by atoms with van der Waals surface area (Å²) in [6.45, 7) is 17.3. The first kappa shape index (κ1) is 57.9. The molecule has 4 rings (SSSR count). The number of nitrogens with zero attached hydrogens (tertiary/aromatic N) is 2. The van der Waals surface area contributed by atoms with Gasteiger partial charge in [-0.3, -0.25) is 9.69 Å². The van der Waals surface area contributed by atoms with Gasteiger partial charge in [0.1, 0.15) is 35.8 Å². The minimum atomic E-state index is -4.30. The number of cyclic esters (lactones) is 1.